The third kappa shape index (κ3) is 2.56. The number of anilines is 1. The molecule has 0 saturated carbocycles. The SMILES string of the molecule is CSc1cc(-c2occc2P(=O)(O)O)nc(N)n1. The van der Waals surface area contributed by atoms with Crippen LogP contribution in [0.2, 0.25) is 0 Å². The Morgan fingerprint density at radius 3 is 2.78 bits per heavy atom. The number of furan rings is 1. The van der Waals surface area contributed by atoms with E-state index in [0.29, 0.717) is 5.03 Å². The summed E-state index contributed by atoms with van der Waals surface area (Å²) in [5, 5.41) is 0.373. The summed E-state index contributed by atoms with van der Waals surface area (Å²) in [7, 11) is -4.41. The number of thioether (sulfide) groups is 1. The van der Waals surface area contributed by atoms with E-state index < -0.39 is 7.60 Å². The summed E-state index contributed by atoms with van der Waals surface area (Å²) >= 11 is 1.34. The van der Waals surface area contributed by atoms with Crippen LogP contribution in [0.1, 0.15) is 0 Å². The molecule has 0 aliphatic heterocycles. The van der Waals surface area contributed by atoms with Gasteiger partial charge < -0.3 is 19.9 Å². The quantitative estimate of drug-likeness (QED) is 0.431. The van der Waals surface area contributed by atoms with Gasteiger partial charge in [-0.3, -0.25) is 4.57 Å². The predicted octanol–water partition coefficient (Wildman–Crippen LogP) is 0.844. The number of nitrogen functional groups attached to an aromatic ring is 1. The van der Waals surface area contributed by atoms with E-state index in [-0.39, 0.29) is 22.7 Å². The zero-order valence-electron chi connectivity index (χ0n) is 9.27. The Balaban J connectivity index is 2.59. The molecule has 2 heterocycles. The fourth-order valence-electron chi connectivity index (χ4n) is 1.39. The third-order valence-electron chi connectivity index (χ3n) is 2.12. The lowest BCUT2D eigenvalue weighted by Crippen LogP contribution is -2.06. The van der Waals surface area contributed by atoms with Gasteiger partial charge in [-0.05, 0) is 12.3 Å². The average molecular weight is 287 g/mol. The molecule has 0 aromatic carbocycles. The van der Waals surface area contributed by atoms with Crippen LogP contribution >= 0.6 is 19.4 Å². The van der Waals surface area contributed by atoms with E-state index in [0.717, 1.165) is 0 Å². The highest BCUT2D eigenvalue weighted by atomic mass is 32.2. The van der Waals surface area contributed by atoms with Gasteiger partial charge in [-0.2, -0.15) is 0 Å². The Bertz CT molecular complexity index is 624. The molecule has 0 aliphatic carbocycles. The molecular weight excluding hydrogens is 277 g/mol. The van der Waals surface area contributed by atoms with Gasteiger partial charge in [-0.1, -0.05) is 0 Å². The van der Waals surface area contributed by atoms with Crippen molar-refractivity contribution >= 4 is 30.6 Å². The lowest BCUT2D eigenvalue weighted by atomic mass is 10.3. The van der Waals surface area contributed by atoms with Crippen LogP contribution in [0.25, 0.3) is 11.5 Å². The molecular formula is C9H10N3O4PS. The molecule has 0 amide bonds. The Labute approximate surface area is 107 Å². The second kappa shape index (κ2) is 4.74. The van der Waals surface area contributed by atoms with E-state index in [4.69, 9.17) is 10.2 Å². The number of hydrogen-bond acceptors (Lipinski definition) is 6. The van der Waals surface area contributed by atoms with Crippen LogP contribution in [-0.4, -0.2) is 26.0 Å². The maximum absolute atomic E-state index is 11.3. The van der Waals surface area contributed by atoms with Crippen LogP contribution in [0, 0.1) is 0 Å². The van der Waals surface area contributed by atoms with Crippen molar-refractivity contribution in [3.8, 4) is 11.5 Å². The van der Waals surface area contributed by atoms with Gasteiger partial charge in [0.05, 0.1) is 6.26 Å². The van der Waals surface area contributed by atoms with Gasteiger partial charge in [-0.15, -0.1) is 11.8 Å². The van der Waals surface area contributed by atoms with Crippen molar-refractivity contribution in [2.24, 2.45) is 0 Å². The van der Waals surface area contributed by atoms with Crippen molar-refractivity contribution in [3.05, 3.63) is 18.4 Å². The minimum atomic E-state index is -4.41. The molecule has 2 aromatic heterocycles. The third-order valence-corrected chi connectivity index (χ3v) is 3.73. The molecule has 2 rings (SSSR count). The second-order valence-electron chi connectivity index (χ2n) is 3.33. The van der Waals surface area contributed by atoms with Crippen molar-refractivity contribution in [1.82, 2.24) is 9.97 Å². The molecule has 0 aliphatic rings. The molecule has 0 unspecified atom stereocenters. The maximum Gasteiger partial charge on any atom is 0.360 e. The molecule has 7 nitrogen and oxygen atoms in total. The summed E-state index contributed by atoms with van der Waals surface area (Å²) in [6.07, 6.45) is 3.00. The molecule has 18 heavy (non-hydrogen) atoms. The van der Waals surface area contributed by atoms with E-state index in [1.807, 2.05) is 0 Å². The molecule has 0 atom stereocenters. The second-order valence-corrected chi connectivity index (χ2v) is 5.73. The molecule has 9 heteroatoms. The predicted molar refractivity (Wildman–Crippen MR) is 67.6 cm³/mol. The molecule has 0 spiro atoms. The largest absolute Gasteiger partial charge is 0.462 e. The van der Waals surface area contributed by atoms with Gasteiger partial charge >= 0.3 is 7.60 Å². The van der Waals surface area contributed by atoms with Gasteiger partial charge in [0.2, 0.25) is 5.95 Å². The Morgan fingerprint density at radius 1 is 1.44 bits per heavy atom. The van der Waals surface area contributed by atoms with Crippen LogP contribution in [0.5, 0.6) is 0 Å². The molecule has 96 valence electrons. The normalized spacial score (nSPS) is 11.7. The monoisotopic (exact) mass is 287 g/mol. The van der Waals surface area contributed by atoms with Crippen LogP contribution in [0.15, 0.2) is 27.8 Å². The average Bonchev–Trinajstić information content (AvgIpc) is 2.76. The van der Waals surface area contributed by atoms with Gasteiger partial charge in [0.1, 0.15) is 16.0 Å². The molecule has 0 saturated heterocycles. The Morgan fingerprint density at radius 2 is 2.17 bits per heavy atom. The number of nitrogens with two attached hydrogens (primary N) is 1. The minimum Gasteiger partial charge on any atom is -0.462 e. The first-order valence-electron chi connectivity index (χ1n) is 4.74. The summed E-state index contributed by atoms with van der Waals surface area (Å²) < 4.78 is 16.4. The van der Waals surface area contributed by atoms with Crippen molar-refractivity contribution in [2.75, 3.05) is 12.0 Å². The first kappa shape index (κ1) is 13.1. The van der Waals surface area contributed by atoms with Crippen molar-refractivity contribution < 1.29 is 18.8 Å². The summed E-state index contributed by atoms with van der Waals surface area (Å²) in [6.45, 7) is 0. The number of hydrogen-bond donors (Lipinski definition) is 3. The Hall–Kier alpha value is -1.34. The van der Waals surface area contributed by atoms with Crippen molar-refractivity contribution in [2.45, 2.75) is 5.03 Å². The fraction of sp³-hybridized carbons (Fsp3) is 0.111. The minimum absolute atomic E-state index is 0.00716. The molecule has 0 bridgehead atoms. The molecule has 0 fully saturated rings. The highest BCUT2D eigenvalue weighted by Gasteiger charge is 2.26. The lowest BCUT2D eigenvalue weighted by Gasteiger charge is -2.05. The van der Waals surface area contributed by atoms with E-state index >= 15 is 0 Å². The van der Waals surface area contributed by atoms with Crippen LogP contribution in [0.4, 0.5) is 5.95 Å². The van der Waals surface area contributed by atoms with E-state index in [1.54, 1.807) is 12.3 Å². The van der Waals surface area contributed by atoms with Crippen LogP contribution in [-0.2, 0) is 4.57 Å². The first-order chi connectivity index (χ1) is 8.41. The fourth-order valence-corrected chi connectivity index (χ4v) is 2.49. The van der Waals surface area contributed by atoms with Gasteiger partial charge in [0, 0.05) is 6.07 Å². The molecule has 4 N–H and O–H groups in total. The molecule has 0 radical (unpaired) electrons. The zero-order chi connectivity index (χ0) is 13.3. The Kier molecular flexibility index (Phi) is 3.45. The summed E-state index contributed by atoms with van der Waals surface area (Å²) in [6, 6.07) is 2.77. The van der Waals surface area contributed by atoms with E-state index in [9.17, 15) is 14.4 Å². The number of aromatic nitrogens is 2. The summed E-state index contributed by atoms with van der Waals surface area (Å²) in [5.74, 6) is 0.0256. The van der Waals surface area contributed by atoms with E-state index in [2.05, 4.69) is 9.97 Å². The summed E-state index contributed by atoms with van der Waals surface area (Å²) in [4.78, 5) is 26.2. The smallest absolute Gasteiger partial charge is 0.360 e. The van der Waals surface area contributed by atoms with Gasteiger partial charge in [0.15, 0.2) is 5.76 Å². The number of rotatable bonds is 3. The molecule has 2 aromatic rings. The number of nitrogens with zero attached hydrogens (tertiary/aromatic N) is 2. The first-order valence-corrected chi connectivity index (χ1v) is 7.58. The van der Waals surface area contributed by atoms with Gasteiger partial charge in [0.25, 0.3) is 0 Å². The van der Waals surface area contributed by atoms with Crippen molar-refractivity contribution in [3.63, 3.8) is 0 Å². The van der Waals surface area contributed by atoms with Crippen LogP contribution in [0.3, 0.4) is 0 Å². The maximum atomic E-state index is 11.3. The topological polar surface area (TPSA) is 122 Å². The highest BCUT2D eigenvalue weighted by Crippen LogP contribution is 2.38. The zero-order valence-corrected chi connectivity index (χ0v) is 11.0. The van der Waals surface area contributed by atoms with Crippen LogP contribution < -0.4 is 11.0 Å². The highest BCUT2D eigenvalue weighted by molar-refractivity contribution is 7.98. The van der Waals surface area contributed by atoms with Crippen molar-refractivity contribution in [1.29, 1.82) is 0 Å². The lowest BCUT2D eigenvalue weighted by molar-refractivity contribution is 0.387. The summed E-state index contributed by atoms with van der Waals surface area (Å²) in [5.41, 5.74) is 5.77. The van der Waals surface area contributed by atoms with Gasteiger partial charge in [-0.25, -0.2) is 9.97 Å². The standard InChI is InChI=1S/C9H10N3O4PS/c1-18-7-4-5(11-9(10)12-7)8-6(2-3-16-8)17(13,14)15/h2-4H,1H3,(H2,10,11,12)(H2,13,14,15). The van der Waals surface area contributed by atoms with E-state index in [1.165, 1.54) is 24.1 Å².